The highest BCUT2D eigenvalue weighted by molar-refractivity contribution is 7.99. The molecule has 0 amide bonds. The predicted octanol–water partition coefficient (Wildman–Crippen LogP) is 2.72. The molecule has 0 radical (unpaired) electrons. The van der Waals surface area contributed by atoms with Crippen molar-refractivity contribution in [3.8, 4) is 11.8 Å². The summed E-state index contributed by atoms with van der Waals surface area (Å²) < 4.78 is 1.87. The van der Waals surface area contributed by atoms with Crippen LogP contribution in [0.15, 0.2) is 29.4 Å². The molecule has 23 heavy (non-hydrogen) atoms. The first-order valence-electron chi connectivity index (χ1n) is 7.03. The Bertz CT molecular complexity index is 773. The zero-order chi connectivity index (χ0) is 17.0. The van der Waals surface area contributed by atoms with Gasteiger partial charge in [0, 0.05) is 11.4 Å². The molecule has 118 valence electrons. The second kappa shape index (κ2) is 7.20. The first-order valence-corrected chi connectivity index (χ1v) is 8.02. The van der Waals surface area contributed by atoms with E-state index in [1.54, 1.807) is 0 Å². The maximum Gasteiger partial charge on any atom is 0.196 e. The zero-order valence-corrected chi connectivity index (χ0v) is 14.0. The van der Waals surface area contributed by atoms with Crippen molar-refractivity contribution in [2.45, 2.75) is 25.9 Å². The second-order valence-electron chi connectivity index (χ2n) is 5.20. The molecule has 1 atom stereocenters. The van der Waals surface area contributed by atoms with Gasteiger partial charge in [0.15, 0.2) is 10.9 Å². The van der Waals surface area contributed by atoms with Crippen LogP contribution in [-0.2, 0) is 4.79 Å². The number of nitrogens with zero attached hydrogens (tertiary/aromatic N) is 4. The van der Waals surface area contributed by atoms with E-state index in [0.717, 1.165) is 17.1 Å². The van der Waals surface area contributed by atoms with E-state index < -0.39 is 5.92 Å². The Kier molecular flexibility index (Phi) is 5.29. The van der Waals surface area contributed by atoms with Crippen molar-refractivity contribution in [2.75, 3.05) is 5.75 Å². The van der Waals surface area contributed by atoms with Gasteiger partial charge in [-0.15, -0.1) is 10.2 Å². The van der Waals surface area contributed by atoms with Gasteiger partial charge in [-0.1, -0.05) is 29.5 Å². The van der Waals surface area contributed by atoms with Crippen LogP contribution in [0.25, 0.3) is 5.69 Å². The quantitative estimate of drug-likeness (QED) is 0.650. The number of rotatable bonds is 6. The van der Waals surface area contributed by atoms with Crippen molar-refractivity contribution in [3.63, 3.8) is 0 Å². The average Bonchev–Trinajstić information content (AvgIpc) is 2.87. The molecular formula is C16H17N5OS. The summed E-state index contributed by atoms with van der Waals surface area (Å²) in [4.78, 5) is 12.0. The van der Waals surface area contributed by atoms with Gasteiger partial charge in [0.2, 0.25) is 0 Å². The minimum atomic E-state index is -0.987. The van der Waals surface area contributed by atoms with E-state index in [-0.39, 0.29) is 17.2 Å². The molecule has 0 spiro atoms. The molecule has 0 saturated heterocycles. The highest BCUT2D eigenvalue weighted by Crippen LogP contribution is 2.23. The van der Waals surface area contributed by atoms with Crippen molar-refractivity contribution in [1.29, 1.82) is 10.7 Å². The standard InChI is InChI=1S/C16H17N5OS/c1-10-4-6-13(7-5-10)21-12(3)19-20-16(21)23-9-15(22)14(8-17)11(2)18/h4-7,14,18H,9H2,1-3H3/t14-/m0/s1. The Balaban J connectivity index is 2.19. The maximum absolute atomic E-state index is 12.0. The van der Waals surface area contributed by atoms with E-state index in [1.807, 2.05) is 48.7 Å². The predicted molar refractivity (Wildman–Crippen MR) is 89.1 cm³/mol. The molecule has 1 aromatic heterocycles. The molecule has 0 aliphatic carbocycles. The third kappa shape index (κ3) is 3.85. The van der Waals surface area contributed by atoms with E-state index in [4.69, 9.17) is 10.7 Å². The summed E-state index contributed by atoms with van der Waals surface area (Å²) in [7, 11) is 0. The van der Waals surface area contributed by atoms with Crippen LogP contribution in [0.5, 0.6) is 0 Å². The van der Waals surface area contributed by atoms with Gasteiger partial charge in [-0.2, -0.15) is 5.26 Å². The van der Waals surface area contributed by atoms with Gasteiger partial charge in [0.25, 0.3) is 0 Å². The van der Waals surface area contributed by atoms with Gasteiger partial charge in [0.1, 0.15) is 11.7 Å². The lowest BCUT2D eigenvalue weighted by atomic mass is 10.0. The maximum atomic E-state index is 12.0. The number of ketones is 1. The minimum Gasteiger partial charge on any atom is -0.308 e. The SMILES string of the molecule is CC(=N)[C@H](C#N)C(=O)CSc1nnc(C)n1-c1ccc(C)cc1. The van der Waals surface area contributed by atoms with Crippen LogP contribution in [-0.4, -0.2) is 32.0 Å². The monoisotopic (exact) mass is 327 g/mol. The summed E-state index contributed by atoms with van der Waals surface area (Å²) >= 11 is 1.23. The number of nitriles is 1. The number of nitrogens with one attached hydrogen (secondary N) is 1. The summed E-state index contributed by atoms with van der Waals surface area (Å²) in [5.74, 6) is -0.470. The van der Waals surface area contributed by atoms with Crippen molar-refractivity contribution in [3.05, 3.63) is 35.7 Å². The van der Waals surface area contributed by atoms with Crippen LogP contribution in [0.4, 0.5) is 0 Å². The lowest BCUT2D eigenvalue weighted by Crippen LogP contribution is -2.21. The van der Waals surface area contributed by atoms with E-state index in [9.17, 15) is 4.79 Å². The summed E-state index contributed by atoms with van der Waals surface area (Å²) in [5, 5.41) is 25.2. The van der Waals surface area contributed by atoms with Crippen molar-refractivity contribution >= 4 is 23.3 Å². The third-order valence-corrected chi connectivity index (χ3v) is 4.27. The number of hydrogen-bond acceptors (Lipinski definition) is 6. The fourth-order valence-corrected chi connectivity index (χ4v) is 2.96. The molecule has 0 saturated carbocycles. The molecule has 6 nitrogen and oxygen atoms in total. The van der Waals surface area contributed by atoms with Crippen LogP contribution in [0.1, 0.15) is 18.3 Å². The molecular weight excluding hydrogens is 310 g/mol. The number of thioether (sulfide) groups is 1. The first-order chi connectivity index (χ1) is 10.9. The fraction of sp³-hybridized carbons (Fsp3) is 0.312. The molecule has 2 rings (SSSR count). The Hall–Kier alpha value is -2.46. The number of benzene rings is 1. The van der Waals surface area contributed by atoms with Gasteiger partial charge in [0.05, 0.1) is 11.8 Å². The second-order valence-corrected chi connectivity index (χ2v) is 6.14. The Labute approximate surface area is 139 Å². The van der Waals surface area contributed by atoms with Crippen LogP contribution in [0.2, 0.25) is 0 Å². The molecule has 2 aromatic rings. The van der Waals surface area contributed by atoms with Gasteiger partial charge in [-0.25, -0.2) is 0 Å². The number of carbonyl (C=O) groups is 1. The lowest BCUT2D eigenvalue weighted by Gasteiger charge is -2.09. The first kappa shape index (κ1) is 16.9. The summed E-state index contributed by atoms with van der Waals surface area (Å²) in [6.07, 6.45) is 0. The molecule has 0 aliphatic rings. The summed E-state index contributed by atoms with van der Waals surface area (Å²) in [6.45, 7) is 5.33. The van der Waals surface area contributed by atoms with Crippen LogP contribution < -0.4 is 0 Å². The molecule has 0 unspecified atom stereocenters. The fourth-order valence-electron chi connectivity index (χ4n) is 2.06. The molecule has 0 fully saturated rings. The highest BCUT2D eigenvalue weighted by Gasteiger charge is 2.21. The zero-order valence-electron chi connectivity index (χ0n) is 13.2. The van der Waals surface area contributed by atoms with Crippen molar-refractivity contribution in [1.82, 2.24) is 14.8 Å². The average molecular weight is 327 g/mol. The van der Waals surface area contributed by atoms with Crippen molar-refractivity contribution < 1.29 is 4.79 Å². The number of carbonyl (C=O) groups excluding carboxylic acids is 1. The topological polar surface area (TPSA) is 95.4 Å². The normalized spacial score (nSPS) is 11.7. The van der Waals surface area contributed by atoms with Gasteiger partial charge in [-0.3, -0.25) is 9.36 Å². The molecule has 0 bridgehead atoms. The van der Waals surface area contributed by atoms with E-state index in [1.165, 1.54) is 18.7 Å². The van der Waals surface area contributed by atoms with Crippen LogP contribution in [0, 0.1) is 36.5 Å². The number of Topliss-reactive ketones (excluding diaryl/α,β-unsaturated/α-hetero) is 1. The lowest BCUT2D eigenvalue weighted by molar-refractivity contribution is -0.117. The number of aryl methyl sites for hydroxylation is 2. The Morgan fingerprint density at radius 1 is 1.35 bits per heavy atom. The van der Waals surface area contributed by atoms with Crippen LogP contribution >= 0.6 is 11.8 Å². The largest absolute Gasteiger partial charge is 0.308 e. The molecule has 1 N–H and O–H groups in total. The summed E-state index contributed by atoms with van der Waals surface area (Å²) in [5.41, 5.74) is 2.14. The van der Waals surface area contributed by atoms with E-state index >= 15 is 0 Å². The van der Waals surface area contributed by atoms with Crippen LogP contribution in [0.3, 0.4) is 0 Å². The molecule has 7 heteroatoms. The minimum absolute atomic E-state index is 0.0641. The van der Waals surface area contributed by atoms with Gasteiger partial charge in [-0.05, 0) is 32.9 Å². The Morgan fingerprint density at radius 3 is 2.57 bits per heavy atom. The van der Waals surface area contributed by atoms with Crippen molar-refractivity contribution in [2.24, 2.45) is 5.92 Å². The molecule has 1 aromatic carbocycles. The number of aromatic nitrogens is 3. The van der Waals surface area contributed by atoms with Gasteiger partial charge < -0.3 is 5.41 Å². The molecule has 1 heterocycles. The Morgan fingerprint density at radius 2 is 2.00 bits per heavy atom. The van der Waals surface area contributed by atoms with E-state index in [0.29, 0.717) is 5.16 Å². The highest BCUT2D eigenvalue weighted by atomic mass is 32.2. The number of hydrogen-bond donors (Lipinski definition) is 1. The smallest absolute Gasteiger partial charge is 0.196 e. The molecule has 0 aliphatic heterocycles. The summed E-state index contributed by atoms with van der Waals surface area (Å²) in [6, 6.07) is 9.80. The third-order valence-electron chi connectivity index (χ3n) is 3.31. The van der Waals surface area contributed by atoms with Gasteiger partial charge >= 0.3 is 0 Å². The van der Waals surface area contributed by atoms with E-state index in [2.05, 4.69) is 10.2 Å².